The van der Waals surface area contributed by atoms with Crippen LogP contribution in [0.5, 0.6) is 17.2 Å². The van der Waals surface area contributed by atoms with E-state index in [1.165, 1.54) is 43.5 Å². The number of benzene rings is 3. The zero-order valence-electron chi connectivity index (χ0n) is 15.9. The number of rotatable bonds is 6. The van der Waals surface area contributed by atoms with E-state index < -0.39 is 15.9 Å². The summed E-state index contributed by atoms with van der Waals surface area (Å²) in [6, 6.07) is 13.0. The van der Waals surface area contributed by atoms with Crippen LogP contribution in [0.2, 0.25) is 15.1 Å². The van der Waals surface area contributed by atoms with Crippen molar-refractivity contribution in [2.45, 2.75) is 4.90 Å². The molecule has 0 aliphatic carbocycles. The summed E-state index contributed by atoms with van der Waals surface area (Å²) < 4.78 is 34.2. The van der Waals surface area contributed by atoms with Gasteiger partial charge in [0.05, 0.1) is 17.0 Å². The van der Waals surface area contributed by atoms with Gasteiger partial charge in [-0.05, 0) is 36.4 Å². The van der Waals surface area contributed by atoms with Crippen LogP contribution in [-0.4, -0.2) is 21.4 Å². The number of hydrogen-bond acceptors (Lipinski definition) is 5. The molecule has 0 saturated heterocycles. The van der Waals surface area contributed by atoms with Crippen molar-refractivity contribution < 1.29 is 22.7 Å². The first-order valence-electron chi connectivity index (χ1n) is 8.53. The van der Waals surface area contributed by atoms with Crippen molar-refractivity contribution in [3.05, 3.63) is 75.2 Å². The number of primary sulfonamides is 1. The molecule has 3 N–H and O–H groups in total. The quantitative estimate of drug-likeness (QED) is 0.473. The van der Waals surface area contributed by atoms with Crippen molar-refractivity contribution in [2.75, 3.05) is 12.4 Å². The normalized spacial score (nSPS) is 11.1. The molecule has 0 atom stereocenters. The molecule has 0 saturated carbocycles. The largest absolute Gasteiger partial charge is 0.493 e. The summed E-state index contributed by atoms with van der Waals surface area (Å²) in [4.78, 5) is 12.8. The third kappa shape index (κ3) is 5.61. The smallest absolute Gasteiger partial charge is 0.260 e. The molecule has 1 amide bonds. The molecule has 162 valence electrons. The second kappa shape index (κ2) is 9.33. The molecule has 0 unspecified atom stereocenters. The summed E-state index contributed by atoms with van der Waals surface area (Å²) in [5, 5.41) is 8.41. The van der Waals surface area contributed by atoms with Crippen LogP contribution in [0.1, 0.15) is 10.4 Å². The van der Waals surface area contributed by atoms with Gasteiger partial charge in [-0.3, -0.25) is 4.79 Å². The van der Waals surface area contributed by atoms with E-state index in [-0.39, 0.29) is 37.7 Å². The highest BCUT2D eigenvalue weighted by Crippen LogP contribution is 2.38. The van der Waals surface area contributed by atoms with Gasteiger partial charge in [-0.25, -0.2) is 13.6 Å². The molecule has 3 rings (SSSR count). The van der Waals surface area contributed by atoms with Crippen molar-refractivity contribution in [3.63, 3.8) is 0 Å². The molecule has 0 aliphatic rings. The highest BCUT2D eigenvalue weighted by molar-refractivity contribution is 7.89. The van der Waals surface area contributed by atoms with Crippen molar-refractivity contribution >= 4 is 56.4 Å². The van der Waals surface area contributed by atoms with E-state index in [0.29, 0.717) is 10.8 Å². The average Bonchev–Trinajstić information content (AvgIpc) is 2.68. The van der Waals surface area contributed by atoms with Gasteiger partial charge in [-0.2, -0.15) is 0 Å². The summed E-state index contributed by atoms with van der Waals surface area (Å²) in [6.45, 7) is 0. The lowest BCUT2D eigenvalue weighted by Crippen LogP contribution is -2.16. The molecule has 0 aromatic heterocycles. The van der Waals surface area contributed by atoms with Crippen LogP contribution in [0.15, 0.2) is 59.5 Å². The zero-order valence-corrected chi connectivity index (χ0v) is 18.9. The maximum Gasteiger partial charge on any atom is 0.260 e. The second-order valence-electron chi connectivity index (χ2n) is 6.18. The fourth-order valence-corrected chi connectivity index (χ4v) is 3.92. The van der Waals surface area contributed by atoms with E-state index in [2.05, 4.69) is 5.32 Å². The lowest BCUT2D eigenvalue weighted by Gasteiger charge is -2.15. The number of carbonyl (C=O) groups excluding carboxylic acids is 1. The fourth-order valence-electron chi connectivity index (χ4n) is 2.64. The van der Waals surface area contributed by atoms with Gasteiger partial charge in [0.25, 0.3) is 5.91 Å². The third-order valence-corrected chi connectivity index (χ3v) is 5.67. The number of carbonyl (C=O) groups is 1. The number of ether oxygens (including phenoxy) is 2. The second-order valence-corrected chi connectivity index (χ2v) is 9.03. The minimum atomic E-state index is -3.94. The number of methoxy groups -OCH3 is 1. The summed E-state index contributed by atoms with van der Waals surface area (Å²) >= 11 is 18.3. The molecule has 11 heteroatoms. The third-order valence-electron chi connectivity index (χ3n) is 4.01. The number of anilines is 1. The summed E-state index contributed by atoms with van der Waals surface area (Å²) in [7, 11) is -2.50. The van der Waals surface area contributed by atoms with Gasteiger partial charge >= 0.3 is 0 Å². The van der Waals surface area contributed by atoms with Crippen LogP contribution in [-0.2, 0) is 10.0 Å². The van der Waals surface area contributed by atoms with Gasteiger partial charge in [0.2, 0.25) is 10.0 Å². The minimum absolute atomic E-state index is 0.0236. The van der Waals surface area contributed by atoms with Crippen LogP contribution in [0.25, 0.3) is 0 Å². The van der Waals surface area contributed by atoms with Crippen LogP contribution < -0.4 is 19.9 Å². The van der Waals surface area contributed by atoms with E-state index in [1.807, 2.05) is 0 Å². The van der Waals surface area contributed by atoms with Gasteiger partial charge in [0.15, 0.2) is 11.5 Å². The highest BCUT2D eigenvalue weighted by Gasteiger charge is 2.21. The van der Waals surface area contributed by atoms with Gasteiger partial charge in [0, 0.05) is 27.9 Å². The Morgan fingerprint density at radius 2 is 1.65 bits per heavy atom. The van der Waals surface area contributed by atoms with Crippen LogP contribution in [0.3, 0.4) is 0 Å². The van der Waals surface area contributed by atoms with Crippen molar-refractivity contribution in [3.8, 4) is 17.2 Å². The Hall–Kier alpha value is -2.49. The molecule has 3 aromatic rings. The van der Waals surface area contributed by atoms with E-state index in [9.17, 15) is 13.2 Å². The Morgan fingerprint density at radius 1 is 0.935 bits per heavy atom. The van der Waals surface area contributed by atoms with E-state index in [1.54, 1.807) is 18.2 Å². The first-order valence-corrected chi connectivity index (χ1v) is 11.2. The molecular formula is C20H15Cl3N2O5S. The predicted molar refractivity (Wildman–Crippen MR) is 120 cm³/mol. The molecule has 7 nitrogen and oxygen atoms in total. The highest BCUT2D eigenvalue weighted by atomic mass is 35.5. The molecule has 0 radical (unpaired) electrons. The minimum Gasteiger partial charge on any atom is -0.493 e. The number of halogens is 3. The SMILES string of the molecule is COc1cc(Cl)ccc1Oc1cc(Cl)cc(Cl)c1C(=O)Nc1cccc(S(N)(=O)=O)c1. The maximum atomic E-state index is 13.0. The number of nitrogens with two attached hydrogens (primary N) is 1. The first kappa shape index (κ1) is 23.2. The number of sulfonamides is 1. The lowest BCUT2D eigenvalue weighted by atomic mass is 10.1. The van der Waals surface area contributed by atoms with Crippen LogP contribution in [0.4, 0.5) is 5.69 Å². The van der Waals surface area contributed by atoms with E-state index >= 15 is 0 Å². The molecular weight excluding hydrogens is 487 g/mol. The van der Waals surface area contributed by atoms with E-state index in [4.69, 9.17) is 49.4 Å². The molecule has 0 spiro atoms. The topological polar surface area (TPSA) is 108 Å². The molecule has 0 bridgehead atoms. The zero-order chi connectivity index (χ0) is 22.8. The number of hydrogen-bond donors (Lipinski definition) is 2. The summed E-state index contributed by atoms with van der Waals surface area (Å²) in [5.41, 5.74) is 0.168. The van der Waals surface area contributed by atoms with Gasteiger partial charge in [-0.1, -0.05) is 40.9 Å². The Balaban J connectivity index is 1.99. The number of nitrogens with one attached hydrogen (secondary N) is 1. The van der Waals surface area contributed by atoms with Crippen LogP contribution >= 0.6 is 34.8 Å². The Labute approximate surface area is 193 Å². The Morgan fingerprint density at radius 3 is 2.32 bits per heavy atom. The average molecular weight is 502 g/mol. The standard InChI is InChI=1S/C20H15Cl3N2O5S/c1-29-17-8-11(21)5-6-16(17)30-18-9-12(22)7-15(23)19(18)20(26)25-13-3-2-4-14(10-13)31(24,27)28/h2-10H,1H3,(H,25,26)(H2,24,27,28). The molecule has 0 fully saturated rings. The number of amides is 1. The van der Waals surface area contributed by atoms with Gasteiger partial charge in [-0.15, -0.1) is 0 Å². The van der Waals surface area contributed by atoms with Crippen molar-refractivity contribution in [2.24, 2.45) is 5.14 Å². The van der Waals surface area contributed by atoms with Gasteiger partial charge in [0.1, 0.15) is 11.3 Å². The fraction of sp³-hybridized carbons (Fsp3) is 0.0500. The van der Waals surface area contributed by atoms with Crippen molar-refractivity contribution in [1.29, 1.82) is 0 Å². The summed E-state index contributed by atoms with van der Waals surface area (Å²) in [5.74, 6) is 0.000653. The van der Waals surface area contributed by atoms with Crippen LogP contribution in [0, 0.1) is 0 Å². The molecule has 0 heterocycles. The Kier molecular flexibility index (Phi) is 6.98. The Bertz CT molecular complexity index is 1270. The predicted octanol–water partition coefficient (Wildman–Crippen LogP) is 5.35. The molecule has 3 aromatic carbocycles. The monoisotopic (exact) mass is 500 g/mol. The lowest BCUT2D eigenvalue weighted by molar-refractivity contribution is 0.102. The van der Waals surface area contributed by atoms with E-state index in [0.717, 1.165) is 0 Å². The summed E-state index contributed by atoms with van der Waals surface area (Å²) in [6.07, 6.45) is 0. The van der Waals surface area contributed by atoms with Gasteiger partial charge < -0.3 is 14.8 Å². The molecule has 0 aliphatic heterocycles. The first-order chi connectivity index (χ1) is 14.6. The molecule has 31 heavy (non-hydrogen) atoms. The van der Waals surface area contributed by atoms with Crippen molar-refractivity contribution in [1.82, 2.24) is 0 Å². The maximum absolute atomic E-state index is 13.0.